The first kappa shape index (κ1) is 21.1. The molecule has 1 N–H and O–H groups in total. The highest BCUT2D eigenvalue weighted by atomic mass is 19.1. The summed E-state index contributed by atoms with van der Waals surface area (Å²) >= 11 is 0. The van der Waals surface area contributed by atoms with E-state index in [4.69, 9.17) is 4.74 Å². The lowest BCUT2D eigenvalue weighted by Gasteiger charge is -2.28. The van der Waals surface area contributed by atoms with E-state index >= 15 is 0 Å². The van der Waals surface area contributed by atoms with Crippen LogP contribution in [-0.4, -0.2) is 61.0 Å². The number of likely N-dealkylation sites (tertiary alicyclic amines) is 1. The summed E-state index contributed by atoms with van der Waals surface area (Å²) < 4.78 is 18.7. The number of ether oxygens (including phenoxy) is 1. The third-order valence-electron chi connectivity index (χ3n) is 5.77. The number of amides is 1. The van der Waals surface area contributed by atoms with Gasteiger partial charge in [0, 0.05) is 30.9 Å². The lowest BCUT2D eigenvalue weighted by molar-refractivity contribution is -0.908. The van der Waals surface area contributed by atoms with Gasteiger partial charge in [-0.3, -0.25) is 14.6 Å². The van der Waals surface area contributed by atoms with Crippen LogP contribution in [0, 0.1) is 5.82 Å². The molecule has 1 atom stereocenters. The summed E-state index contributed by atoms with van der Waals surface area (Å²) in [6.45, 7) is 4.48. The van der Waals surface area contributed by atoms with Gasteiger partial charge in [-0.2, -0.15) is 0 Å². The number of hydrogen-bond acceptors (Lipinski definition) is 5. The summed E-state index contributed by atoms with van der Waals surface area (Å²) in [6.07, 6.45) is 3.85. The minimum atomic E-state index is -0.804. The normalized spacial score (nSPS) is 21.6. The number of hydrogen-bond donors (Lipinski definition) is 1. The predicted molar refractivity (Wildman–Crippen MR) is 108 cm³/mol. The number of pyridine rings is 1. The molecule has 31 heavy (non-hydrogen) atoms. The standard InChI is InChI=1S/C23H24FN3O4/c24-18-6-4-16(5-7-18)21(28)19-20(17-3-1-8-25-15-17)27(23(30)22(19)29)10-2-9-26-11-13-31-14-12-26/h1,3-8,15,20,28H,2,9-14H2. The molecule has 4 rings (SSSR count). The average molecular weight is 425 g/mol. The summed E-state index contributed by atoms with van der Waals surface area (Å²) in [7, 11) is 0. The summed E-state index contributed by atoms with van der Waals surface area (Å²) in [5.74, 6) is -2.53. The number of nitrogens with one attached hydrogen (secondary N) is 1. The quantitative estimate of drug-likeness (QED) is 0.392. The molecule has 2 saturated heterocycles. The zero-order chi connectivity index (χ0) is 21.8. The molecule has 1 unspecified atom stereocenters. The Balaban J connectivity index is 1.64. The number of rotatable bonds is 6. The predicted octanol–water partition coefficient (Wildman–Crippen LogP) is -0.250. The molecule has 2 fully saturated rings. The molecule has 2 aliphatic rings. The third kappa shape index (κ3) is 4.50. The van der Waals surface area contributed by atoms with Crippen LogP contribution in [0.1, 0.15) is 23.6 Å². The Hall–Kier alpha value is -3.10. The second-order valence-corrected chi connectivity index (χ2v) is 7.73. The van der Waals surface area contributed by atoms with Crippen LogP contribution in [0.25, 0.3) is 5.76 Å². The van der Waals surface area contributed by atoms with E-state index in [9.17, 15) is 19.1 Å². The van der Waals surface area contributed by atoms with Gasteiger partial charge >= 0.3 is 0 Å². The Morgan fingerprint density at radius 3 is 2.61 bits per heavy atom. The van der Waals surface area contributed by atoms with Crippen LogP contribution in [0.15, 0.2) is 54.4 Å². The molecule has 1 aromatic heterocycles. The van der Waals surface area contributed by atoms with Gasteiger partial charge in [0.1, 0.15) is 18.9 Å². The minimum Gasteiger partial charge on any atom is -0.872 e. The number of halogens is 1. The van der Waals surface area contributed by atoms with Crippen molar-refractivity contribution >= 4 is 17.4 Å². The van der Waals surface area contributed by atoms with Gasteiger partial charge in [0.05, 0.1) is 25.8 Å². The van der Waals surface area contributed by atoms with Crippen molar-refractivity contribution in [2.24, 2.45) is 0 Å². The van der Waals surface area contributed by atoms with Crippen LogP contribution in [0.4, 0.5) is 4.39 Å². The van der Waals surface area contributed by atoms with E-state index in [1.54, 1.807) is 24.5 Å². The van der Waals surface area contributed by atoms with E-state index < -0.39 is 29.3 Å². The van der Waals surface area contributed by atoms with Gasteiger partial charge in [-0.25, -0.2) is 4.39 Å². The van der Waals surface area contributed by atoms with E-state index in [-0.39, 0.29) is 11.1 Å². The summed E-state index contributed by atoms with van der Waals surface area (Å²) in [6, 6.07) is 7.64. The minimum absolute atomic E-state index is 0.108. The fourth-order valence-electron chi connectivity index (χ4n) is 4.15. The number of nitrogens with zero attached hydrogens (tertiary/aromatic N) is 2. The molecule has 0 bridgehead atoms. The number of Topliss-reactive ketones (excluding diaryl/α,β-unsaturated/α-hetero) is 1. The molecule has 162 valence electrons. The molecule has 3 heterocycles. The number of carbonyl (C=O) groups is 2. The van der Waals surface area contributed by atoms with Gasteiger partial charge < -0.3 is 19.6 Å². The maximum absolute atomic E-state index is 13.3. The van der Waals surface area contributed by atoms with Crippen molar-refractivity contribution in [3.63, 3.8) is 0 Å². The summed E-state index contributed by atoms with van der Waals surface area (Å²) in [5, 5.41) is 13.2. The van der Waals surface area contributed by atoms with Crippen LogP contribution in [-0.2, 0) is 14.3 Å². The third-order valence-corrected chi connectivity index (χ3v) is 5.77. The fourth-order valence-corrected chi connectivity index (χ4v) is 4.15. The van der Waals surface area contributed by atoms with Crippen LogP contribution < -0.4 is 10.0 Å². The first-order valence-electron chi connectivity index (χ1n) is 10.4. The molecule has 0 saturated carbocycles. The van der Waals surface area contributed by atoms with Crippen molar-refractivity contribution in [2.45, 2.75) is 12.5 Å². The van der Waals surface area contributed by atoms with E-state index in [0.717, 1.165) is 45.0 Å². The Kier molecular flexibility index (Phi) is 6.39. The molecule has 2 aromatic rings. The van der Waals surface area contributed by atoms with Crippen molar-refractivity contribution < 1.29 is 28.7 Å². The van der Waals surface area contributed by atoms with Gasteiger partial charge in [-0.15, -0.1) is 0 Å². The molecule has 0 radical (unpaired) electrons. The Labute approximate surface area is 179 Å². The highest BCUT2D eigenvalue weighted by Crippen LogP contribution is 2.38. The molecule has 2 aliphatic heterocycles. The molecular formula is C23H24FN3O4. The first-order valence-corrected chi connectivity index (χ1v) is 10.4. The SMILES string of the molecule is O=C1C(=O)N(CCC[NH+]2CCOCC2)C(c2cccnc2)C1=C([O-])c1ccc(F)cc1. The first-order chi connectivity index (χ1) is 15.1. The van der Waals surface area contributed by atoms with E-state index in [1.807, 2.05) is 0 Å². The molecule has 1 aromatic carbocycles. The number of morpholine rings is 1. The van der Waals surface area contributed by atoms with Gasteiger partial charge in [-0.1, -0.05) is 24.0 Å². The highest BCUT2D eigenvalue weighted by Gasteiger charge is 2.44. The molecular weight excluding hydrogens is 401 g/mol. The second kappa shape index (κ2) is 9.36. The van der Waals surface area contributed by atoms with Gasteiger partial charge in [0.25, 0.3) is 5.91 Å². The highest BCUT2D eigenvalue weighted by molar-refractivity contribution is 6.46. The van der Waals surface area contributed by atoms with Crippen LogP contribution in [0.3, 0.4) is 0 Å². The molecule has 0 aliphatic carbocycles. The number of ketones is 1. The van der Waals surface area contributed by atoms with Gasteiger partial charge in [0.2, 0.25) is 5.78 Å². The maximum Gasteiger partial charge on any atom is 0.295 e. The zero-order valence-electron chi connectivity index (χ0n) is 17.1. The second-order valence-electron chi connectivity index (χ2n) is 7.73. The Morgan fingerprint density at radius 1 is 1.19 bits per heavy atom. The average Bonchev–Trinajstić information content (AvgIpc) is 3.05. The molecule has 0 spiro atoms. The van der Waals surface area contributed by atoms with Crippen LogP contribution >= 0.6 is 0 Å². The van der Waals surface area contributed by atoms with Gasteiger partial charge in [0.15, 0.2) is 0 Å². The van der Waals surface area contributed by atoms with Crippen molar-refractivity contribution in [3.8, 4) is 0 Å². The van der Waals surface area contributed by atoms with Crippen molar-refractivity contribution in [1.29, 1.82) is 0 Å². The Morgan fingerprint density at radius 2 is 1.94 bits per heavy atom. The largest absolute Gasteiger partial charge is 0.872 e. The number of benzene rings is 1. The van der Waals surface area contributed by atoms with Crippen LogP contribution in [0.2, 0.25) is 0 Å². The topological polar surface area (TPSA) is 87.0 Å². The number of carbonyl (C=O) groups excluding carboxylic acids is 2. The monoisotopic (exact) mass is 425 g/mol. The fraction of sp³-hybridized carbons (Fsp3) is 0.348. The van der Waals surface area contributed by atoms with Gasteiger partial charge in [-0.05, 0) is 29.3 Å². The number of aromatic nitrogens is 1. The van der Waals surface area contributed by atoms with E-state index in [0.29, 0.717) is 18.5 Å². The molecule has 8 heteroatoms. The smallest absolute Gasteiger partial charge is 0.295 e. The van der Waals surface area contributed by atoms with E-state index in [1.165, 1.54) is 21.9 Å². The van der Waals surface area contributed by atoms with Crippen molar-refractivity contribution in [3.05, 3.63) is 71.3 Å². The van der Waals surface area contributed by atoms with Crippen LogP contribution in [0.5, 0.6) is 0 Å². The van der Waals surface area contributed by atoms with E-state index in [2.05, 4.69) is 4.98 Å². The van der Waals surface area contributed by atoms with Crippen molar-refractivity contribution in [2.75, 3.05) is 39.4 Å². The summed E-state index contributed by atoms with van der Waals surface area (Å²) in [4.78, 5) is 32.7. The number of quaternary nitrogens is 1. The zero-order valence-corrected chi connectivity index (χ0v) is 17.1. The summed E-state index contributed by atoms with van der Waals surface area (Å²) in [5.41, 5.74) is 0.667. The Bertz CT molecular complexity index is 972. The van der Waals surface area contributed by atoms with Crippen molar-refractivity contribution in [1.82, 2.24) is 9.88 Å². The lowest BCUT2D eigenvalue weighted by Crippen LogP contribution is -3.14. The molecule has 1 amide bonds. The lowest BCUT2D eigenvalue weighted by atomic mass is 9.96. The maximum atomic E-state index is 13.3. The molecule has 7 nitrogen and oxygen atoms in total.